The predicted molar refractivity (Wildman–Crippen MR) is 86.3 cm³/mol. The van der Waals surface area contributed by atoms with E-state index in [4.69, 9.17) is 5.11 Å². The van der Waals surface area contributed by atoms with Gasteiger partial charge in [0.05, 0.1) is 22.5 Å². The van der Waals surface area contributed by atoms with E-state index in [-0.39, 0.29) is 11.5 Å². The van der Waals surface area contributed by atoms with E-state index in [1.54, 1.807) is 30.4 Å². The first kappa shape index (κ1) is 14.2. The molecule has 5 nitrogen and oxygen atoms in total. The molecule has 1 aliphatic rings. The van der Waals surface area contributed by atoms with Crippen molar-refractivity contribution in [3.63, 3.8) is 0 Å². The first-order valence-electron chi connectivity index (χ1n) is 6.53. The van der Waals surface area contributed by atoms with Gasteiger partial charge in [0.25, 0.3) is 5.91 Å². The van der Waals surface area contributed by atoms with Gasteiger partial charge in [0.15, 0.2) is 0 Å². The lowest BCUT2D eigenvalue weighted by molar-refractivity contribution is -0.114. The van der Waals surface area contributed by atoms with Gasteiger partial charge in [-0.1, -0.05) is 0 Å². The molecular weight excluding hydrogens is 300 g/mol. The molecule has 0 spiro atoms. The summed E-state index contributed by atoms with van der Waals surface area (Å²) >= 11 is 1.56. The minimum absolute atomic E-state index is 0.171. The number of hydrazone groups is 1. The zero-order valence-electron chi connectivity index (χ0n) is 11.7. The van der Waals surface area contributed by atoms with Gasteiger partial charge in [-0.05, 0) is 59.7 Å². The van der Waals surface area contributed by atoms with Gasteiger partial charge in [-0.3, -0.25) is 4.79 Å². The third-order valence-electron chi connectivity index (χ3n) is 3.28. The van der Waals surface area contributed by atoms with Crippen molar-refractivity contribution < 1.29 is 14.7 Å². The molecule has 6 heteroatoms. The zero-order valence-corrected chi connectivity index (χ0v) is 12.5. The first-order valence-corrected chi connectivity index (χ1v) is 7.48. The lowest BCUT2D eigenvalue weighted by Gasteiger charge is -2.11. The molecule has 2 heterocycles. The Morgan fingerprint density at radius 2 is 2.00 bits per heavy atom. The average molecular weight is 312 g/mol. The molecule has 1 aromatic carbocycles. The van der Waals surface area contributed by atoms with E-state index in [9.17, 15) is 9.59 Å². The van der Waals surface area contributed by atoms with E-state index in [0.29, 0.717) is 17.0 Å². The SMILES string of the molecule is CC1=NN(c2ccc(C(=O)O)cc2)C(=O)/C1=C\c1ccsc1. The topological polar surface area (TPSA) is 70.0 Å². The van der Waals surface area contributed by atoms with Crippen LogP contribution in [0, 0.1) is 0 Å². The lowest BCUT2D eigenvalue weighted by Crippen LogP contribution is -2.21. The number of rotatable bonds is 3. The third-order valence-corrected chi connectivity index (χ3v) is 3.98. The standard InChI is InChI=1S/C16H12N2O3S/c1-10-14(8-11-6-7-22-9-11)15(19)18(17-10)13-4-2-12(3-5-13)16(20)21/h2-9H,1H3,(H,20,21)/b14-8-. The van der Waals surface area contributed by atoms with Crippen LogP contribution in [0.5, 0.6) is 0 Å². The number of amides is 1. The molecular formula is C16H12N2O3S. The first-order chi connectivity index (χ1) is 10.6. The van der Waals surface area contributed by atoms with E-state index in [2.05, 4.69) is 5.10 Å². The second kappa shape index (κ2) is 5.57. The van der Waals surface area contributed by atoms with Crippen LogP contribution in [0.4, 0.5) is 5.69 Å². The van der Waals surface area contributed by atoms with Crippen LogP contribution in [0.15, 0.2) is 51.8 Å². The number of benzene rings is 1. The molecule has 3 rings (SSSR count). The number of carboxylic acids is 1. The molecule has 0 atom stereocenters. The van der Waals surface area contributed by atoms with E-state index in [1.807, 2.05) is 22.9 Å². The highest BCUT2D eigenvalue weighted by atomic mass is 32.1. The second-order valence-corrected chi connectivity index (χ2v) is 5.55. The monoisotopic (exact) mass is 312 g/mol. The fraction of sp³-hybridized carbons (Fsp3) is 0.0625. The molecule has 0 saturated carbocycles. The second-order valence-electron chi connectivity index (χ2n) is 4.77. The maximum Gasteiger partial charge on any atom is 0.335 e. The number of carboxylic acid groups (broad SMARTS) is 1. The van der Waals surface area contributed by atoms with Crippen LogP contribution in [-0.4, -0.2) is 22.7 Å². The van der Waals surface area contributed by atoms with Gasteiger partial charge < -0.3 is 5.11 Å². The molecule has 1 amide bonds. The van der Waals surface area contributed by atoms with Crippen molar-refractivity contribution in [2.45, 2.75) is 6.92 Å². The van der Waals surface area contributed by atoms with Crippen molar-refractivity contribution in [1.29, 1.82) is 0 Å². The molecule has 0 radical (unpaired) electrons. The number of hydrogen-bond acceptors (Lipinski definition) is 4. The smallest absolute Gasteiger partial charge is 0.335 e. The van der Waals surface area contributed by atoms with E-state index in [0.717, 1.165) is 5.56 Å². The van der Waals surface area contributed by atoms with Crippen molar-refractivity contribution in [2.75, 3.05) is 5.01 Å². The molecule has 2 aromatic rings. The average Bonchev–Trinajstić information content (AvgIpc) is 3.11. The predicted octanol–water partition coefficient (Wildman–Crippen LogP) is 3.25. The molecule has 0 aliphatic carbocycles. The Hall–Kier alpha value is -2.73. The van der Waals surface area contributed by atoms with Crippen LogP contribution < -0.4 is 5.01 Å². The Labute approximate surface area is 130 Å². The summed E-state index contributed by atoms with van der Waals surface area (Å²) in [7, 11) is 0. The fourth-order valence-corrected chi connectivity index (χ4v) is 2.75. The molecule has 1 aliphatic heterocycles. The fourth-order valence-electron chi connectivity index (χ4n) is 2.13. The number of aromatic carboxylic acids is 1. The highest BCUT2D eigenvalue weighted by Crippen LogP contribution is 2.25. The van der Waals surface area contributed by atoms with E-state index < -0.39 is 5.97 Å². The lowest BCUT2D eigenvalue weighted by atomic mass is 10.1. The molecule has 0 saturated heterocycles. The summed E-state index contributed by atoms with van der Waals surface area (Å²) < 4.78 is 0. The quantitative estimate of drug-likeness (QED) is 0.884. The van der Waals surface area contributed by atoms with Crippen LogP contribution >= 0.6 is 11.3 Å². The Morgan fingerprint density at radius 3 is 2.59 bits per heavy atom. The Balaban J connectivity index is 1.91. The molecule has 0 bridgehead atoms. The van der Waals surface area contributed by atoms with Gasteiger partial charge in [0.1, 0.15) is 0 Å². The number of hydrogen-bond donors (Lipinski definition) is 1. The van der Waals surface area contributed by atoms with Crippen molar-refractivity contribution in [2.24, 2.45) is 5.10 Å². The molecule has 1 N–H and O–H groups in total. The number of anilines is 1. The summed E-state index contributed by atoms with van der Waals surface area (Å²) in [4.78, 5) is 23.4. The van der Waals surface area contributed by atoms with Gasteiger partial charge in [-0.2, -0.15) is 21.4 Å². The molecule has 110 valence electrons. The van der Waals surface area contributed by atoms with Gasteiger partial charge in [-0.25, -0.2) is 4.79 Å². The van der Waals surface area contributed by atoms with Crippen molar-refractivity contribution in [3.8, 4) is 0 Å². The normalized spacial score (nSPS) is 16.2. The Morgan fingerprint density at radius 1 is 1.27 bits per heavy atom. The highest BCUT2D eigenvalue weighted by Gasteiger charge is 2.28. The van der Waals surface area contributed by atoms with Crippen LogP contribution in [0.2, 0.25) is 0 Å². The molecule has 1 aromatic heterocycles. The zero-order chi connectivity index (χ0) is 15.7. The number of carbonyl (C=O) groups is 2. The van der Waals surface area contributed by atoms with Crippen LogP contribution in [0.25, 0.3) is 6.08 Å². The largest absolute Gasteiger partial charge is 0.478 e. The molecule has 22 heavy (non-hydrogen) atoms. The van der Waals surface area contributed by atoms with Gasteiger partial charge >= 0.3 is 5.97 Å². The summed E-state index contributed by atoms with van der Waals surface area (Å²) in [6.07, 6.45) is 1.81. The minimum Gasteiger partial charge on any atom is -0.478 e. The summed E-state index contributed by atoms with van der Waals surface area (Å²) in [5.74, 6) is -1.22. The number of carbonyl (C=O) groups excluding carboxylic acids is 1. The summed E-state index contributed by atoms with van der Waals surface area (Å²) in [6, 6.07) is 7.99. The Kier molecular flexibility index (Phi) is 3.60. The van der Waals surface area contributed by atoms with Gasteiger partial charge in [0.2, 0.25) is 0 Å². The van der Waals surface area contributed by atoms with Gasteiger partial charge in [-0.15, -0.1) is 0 Å². The van der Waals surface area contributed by atoms with Crippen molar-refractivity contribution in [1.82, 2.24) is 0 Å². The highest BCUT2D eigenvalue weighted by molar-refractivity contribution is 7.08. The van der Waals surface area contributed by atoms with E-state index in [1.165, 1.54) is 17.1 Å². The van der Waals surface area contributed by atoms with Crippen molar-refractivity contribution in [3.05, 3.63) is 57.8 Å². The summed E-state index contributed by atoms with van der Waals surface area (Å²) in [6.45, 7) is 1.78. The maximum atomic E-state index is 12.5. The third kappa shape index (κ3) is 2.56. The van der Waals surface area contributed by atoms with Crippen LogP contribution in [0.1, 0.15) is 22.8 Å². The minimum atomic E-state index is -1.00. The maximum absolute atomic E-state index is 12.5. The van der Waals surface area contributed by atoms with Gasteiger partial charge in [0, 0.05) is 0 Å². The number of nitrogens with zero attached hydrogens (tertiary/aromatic N) is 2. The molecule has 0 fully saturated rings. The summed E-state index contributed by atoms with van der Waals surface area (Å²) in [5.41, 5.74) is 2.86. The van der Waals surface area contributed by atoms with E-state index >= 15 is 0 Å². The van der Waals surface area contributed by atoms with Crippen LogP contribution in [-0.2, 0) is 4.79 Å². The van der Waals surface area contributed by atoms with Crippen molar-refractivity contribution >= 4 is 40.7 Å². The Bertz CT molecular complexity index is 789. The van der Waals surface area contributed by atoms with Crippen LogP contribution in [0.3, 0.4) is 0 Å². The summed E-state index contributed by atoms with van der Waals surface area (Å²) in [5, 5.41) is 18.4. The number of thiophene rings is 1. The molecule has 0 unspecified atom stereocenters.